The molecule has 0 amide bonds. The maximum atomic E-state index is 2.41. The molecule has 2 nitrogen and oxygen atoms in total. The summed E-state index contributed by atoms with van der Waals surface area (Å²) in [7, 11) is 0. The SMILES string of the molecule is c1ccc(-c2ccc(N(c3ccccc3)c3ccc4cc5c(cc4c3)-c3cc4ccc(N(c6ccccc6)c6ccc(-c7ccccc7)cc6-c6ccccc6)cc4cc3-5)c(-c3ccccc3)c2)cc1. The van der Waals surface area contributed by atoms with Gasteiger partial charge in [0.25, 0.3) is 0 Å². The Bertz CT molecular complexity index is 3580. The van der Waals surface area contributed by atoms with Gasteiger partial charge in [-0.3, -0.25) is 0 Å². The fraction of sp³-hybridized carbons (Fsp3) is 0. The van der Waals surface area contributed by atoms with Crippen molar-refractivity contribution in [3.05, 3.63) is 279 Å². The molecule has 1 aliphatic carbocycles. The van der Waals surface area contributed by atoms with Crippen LogP contribution in [-0.2, 0) is 0 Å². The first kappa shape index (κ1) is 41.0. The molecular weight excluding hydrogens is 845 g/mol. The second-order valence-electron chi connectivity index (χ2n) is 18.1. The molecule has 12 aromatic rings. The molecule has 0 unspecified atom stereocenters. The van der Waals surface area contributed by atoms with Gasteiger partial charge in [-0.05, 0) is 174 Å². The van der Waals surface area contributed by atoms with Crippen molar-refractivity contribution in [2.75, 3.05) is 9.80 Å². The van der Waals surface area contributed by atoms with E-state index < -0.39 is 0 Å². The fourth-order valence-electron chi connectivity index (χ4n) is 10.5. The van der Waals surface area contributed by atoms with E-state index >= 15 is 0 Å². The van der Waals surface area contributed by atoms with Crippen molar-refractivity contribution in [2.24, 2.45) is 0 Å². The molecule has 70 heavy (non-hydrogen) atoms. The van der Waals surface area contributed by atoms with Crippen LogP contribution in [-0.4, -0.2) is 0 Å². The lowest BCUT2D eigenvalue weighted by molar-refractivity contribution is 1.29. The first-order chi connectivity index (χ1) is 34.7. The van der Waals surface area contributed by atoms with E-state index in [4.69, 9.17) is 0 Å². The van der Waals surface area contributed by atoms with Crippen molar-refractivity contribution >= 4 is 55.7 Å². The molecule has 13 rings (SSSR count). The Hall–Kier alpha value is -9.24. The molecule has 0 bridgehead atoms. The summed E-state index contributed by atoms with van der Waals surface area (Å²) in [6.45, 7) is 0. The van der Waals surface area contributed by atoms with Crippen LogP contribution < -0.4 is 9.80 Å². The van der Waals surface area contributed by atoms with Gasteiger partial charge in [0, 0.05) is 33.9 Å². The first-order valence-electron chi connectivity index (χ1n) is 24.1. The molecule has 2 heteroatoms. The maximum absolute atomic E-state index is 2.41. The van der Waals surface area contributed by atoms with E-state index in [-0.39, 0.29) is 0 Å². The number of nitrogens with zero attached hydrogens (tertiary/aromatic N) is 2. The molecule has 0 spiro atoms. The highest BCUT2D eigenvalue weighted by Gasteiger charge is 2.26. The summed E-state index contributed by atoms with van der Waals surface area (Å²) < 4.78 is 0. The van der Waals surface area contributed by atoms with Crippen molar-refractivity contribution in [1.82, 2.24) is 0 Å². The molecular formula is C68H46N2. The number of para-hydroxylation sites is 2. The van der Waals surface area contributed by atoms with Gasteiger partial charge in [-0.1, -0.05) is 182 Å². The average Bonchev–Trinajstić information content (AvgIpc) is 3.44. The fourth-order valence-corrected chi connectivity index (χ4v) is 10.5. The molecule has 0 aromatic heterocycles. The van der Waals surface area contributed by atoms with Crippen LogP contribution in [0.4, 0.5) is 34.1 Å². The standard InChI is InChI=1S/C68H46N2/c1-7-19-47(20-8-1)51-33-37-67(61(41-51)49-23-11-3-12-24-49)69(57-27-15-5-16-28-57)59-35-31-53-43-63-65(45-55(53)39-59)64-44-54-32-36-60(40-56(54)46-66(63)64)70(58-29-17-6-18-30-58)68-38-34-52(48-21-9-2-10-22-48)42-62(68)50-25-13-4-14-26-50/h1-46H. The summed E-state index contributed by atoms with van der Waals surface area (Å²) in [6, 6.07) is 102. The third-order valence-electron chi connectivity index (χ3n) is 13.9. The van der Waals surface area contributed by atoms with Gasteiger partial charge in [0.1, 0.15) is 0 Å². The predicted octanol–water partition coefficient (Wildman–Crippen LogP) is 19.2. The zero-order chi connectivity index (χ0) is 46.4. The summed E-state index contributed by atoms with van der Waals surface area (Å²) in [6.07, 6.45) is 0. The normalized spacial score (nSPS) is 11.4. The Kier molecular flexibility index (Phi) is 10.2. The molecule has 0 saturated carbocycles. The first-order valence-corrected chi connectivity index (χ1v) is 24.1. The Balaban J connectivity index is 0.895. The molecule has 12 aromatic carbocycles. The van der Waals surface area contributed by atoms with E-state index in [1.165, 1.54) is 88.3 Å². The molecule has 328 valence electrons. The number of benzene rings is 12. The van der Waals surface area contributed by atoms with Crippen LogP contribution >= 0.6 is 0 Å². The minimum absolute atomic E-state index is 1.11. The predicted molar refractivity (Wildman–Crippen MR) is 297 cm³/mol. The van der Waals surface area contributed by atoms with Crippen LogP contribution in [0.25, 0.3) is 88.3 Å². The summed E-state index contributed by atoms with van der Waals surface area (Å²) in [5, 5.41) is 4.87. The maximum Gasteiger partial charge on any atom is 0.0540 e. The van der Waals surface area contributed by atoms with Crippen molar-refractivity contribution in [2.45, 2.75) is 0 Å². The lowest BCUT2D eigenvalue weighted by atomic mass is 9.78. The van der Waals surface area contributed by atoms with E-state index in [2.05, 4.69) is 289 Å². The van der Waals surface area contributed by atoms with E-state index in [9.17, 15) is 0 Å². The topological polar surface area (TPSA) is 6.48 Å². The molecule has 0 aliphatic heterocycles. The van der Waals surface area contributed by atoms with Crippen LogP contribution in [0.1, 0.15) is 0 Å². The zero-order valence-corrected chi connectivity index (χ0v) is 38.5. The minimum atomic E-state index is 1.11. The highest BCUT2D eigenvalue weighted by molar-refractivity contribution is 6.13. The summed E-state index contributed by atoms with van der Waals surface area (Å²) >= 11 is 0. The van der Waals surface area contributed by atoms with Gasteiger partial charge < -0.3 is 9.80 Å². The number of fused-ring (bicyclic) bond motifs is 6. The highest BCUT2D eigenvalue weighted by atomic mass is 15.1. The van der Waals surface area contributed by atoms with Crippen molar-refractivity contribution < 1.29 is 0 Å². The van der Waals surface area contributed by atoms with Crippen molar-refractivity contribution in [3.8, 4) is 66.8 Å². The van der Waals surface area contributed by atoms with Crippen molar-refractivity contribution in [1.29, 1.82) is 0 Å². The number of hydrogen-bond donors (Lipinski definition) is 0. The monoisotopic (exact) mass is 890 g/mol. The Morgan fingerprint density at radius 3 is 0.843 bits per heavy atom. The lowest BCUT2D eigenvalue weighted by Crippen LogP contribution is -2.11. The van der Waals surface area contributed by atoms with E-state index in [1.54, 1.807) is 0 Å². The van der Waals surface area contributed by atoms with Crippen LogP contribution in [0.15, 0.2) is 279 Å². The Morgan fingerprint density at radius 1 is 0.171 bits per heavy atom. The number of rotatable bonds is 10. The van der Waals surface area contributed by atoms with Gasteiger partial charge in [0.05, 0.1) is 11.4 Å². The van der Waals surface area contributed by atoms with Gasteiger partial charge >= 0.3 is 0 Å². The molecule has 0 fully saturated rings. The average molecular weight is 891 g/mol. The van der Waals surface area contributed by atoms with Crippen LogP contribution in [0.3, 0.4) is 0 Å². The van der Waals surface area contributed by atoms with Crippen LogP contribution in [0.5, 0.6) is 0 Å². The van der Waals surface area contributed by atoms with E-state index in [0.29, 0.717) is 0 Å². The third-order valence-corrected chi connectivity index (χ3v) is 13.9. The summed E-state index contributed by atoms with van der Waals surface area (Å²) in [4.78, 5) is 4.82. The molecule has 1 aliphatic rings. The highest BCUT2D eigenvalue weighted by Crippen LogP contribution is 2.52. The second-order valence-corrected chi connectivity index (χ2v) is 18.1. The minimum Gasteiger partial charge on any atom is -0.310 e. The zero-order valence-electron chi connectivity index (χ0n) is 38.5. The Morgan fingerprint density at radius 2 is 0.486 bits per heavy atom. The largest absolute Gasteiger partial charge is 0.310 e. The molecule has 0 N–H and O–H groups in total. The summed E-state index contributed by atoms with van der Waals surface area (Å²) in [5.41, 5.74) is 21.4. The van der Waals surface area contributed by atoms with Crippen LogP contribution in [0.2, 0.25) is 0 Å². The smallest absolute Gasteiger partial charge is 0.0540 e. The number of anilines is 6. The quantitative estimate of drug-likeness (QED) is 0.135. The third kappa shape index (κ3) is 7.40. The Labute approximate surface area is 409 Å². The van der Waals surface area contributed by atoms with Gasteiger partial charge in [0.15, 0.2) is 0 Å². The molecule has 0 radical (unpaired) electrons. The summed E-state index contributed by atoms with van der Waals surface area (Å²) in [5.74, 6) is 0. The molecule has 0 atom stereocenters. The lowest BCUT2D eigenvalue weighted by Gasteiger charge is -2.30. The molecule has 0 heterocycles. The van der Waals surface area contributed by atoms with Crippen molar-refractivity contribution in [3.63, 3.8) is 0 Å². The van der Waals surface area contributed by atoms with Gasteiger partial charge in [0.2, 0.25) is 0 Å². The van der Waals surface area contributed by atoms with Gasteiger partial charge in [-0.25, -0.2) is 0 Å². The van der Waals surface area contributed by atoms with Gasteiger partial charge in [-0.2, -0.15) is 0 Å². The number of hydrogen-bond acceptors (Lipinski definition) is 2. The molecule has 0 saturated heterocycles. The van der Waals surface area contributed by atoms with Crippen LogP contribution in [0, 0.1) is 0 Å². The van der Waals surface area contributed by atoms with E-state index in [0.717, 1.165) is 34.1 Å². The van der Waals surface area contributed by atoms with E-state index in [1.807, 2.05) is 0 Å². The van der Waals surface area contributed by atoms with Gasteiger partial charge in [-0.15, -0.1) is 0 Å². The second kappa shape index (κ2) is 17.4.